The van der Waals surface area contributed by atoms with Gasteiger partial charge in [0.05, 0.1) is 17.2 Å². The average molecular weight is 311 g/mol. The highest BCUT2D eigenvalue weighted by atomic mass is 32.1. The Bertz CT molecular complexity index is 605. The first-order valence-electron chi connectivity index (χ1n) is 6.17. The number of aromatic nitrogens is 2. The number of anilines is 2. The van der Waals surface area contributed by atoms with Crippen LogP contribution in [-0.2, 0) is 6.54 Å². The zero-order valence-electron chi connectivity index (χ0n) is 11.6. The Balaban J connectivity index is 2.00. The van der Waals surface area contributed by atoms with Gasteiger partial charge in [0.25, 0.3) is 5.91 Å². The maximum atomic E-state index is 12.1. The average Bonchev–Trinajstić information content (AvgIpc) is 2.92. The van der Waals surface area contributed by atoms with E-state index < -0.39 is 0 Å². The molecule has 0 radical (unpaired) electrons. The first-order chi connectivity index (χ1) is 9.45. The molecule has 0 aliphatic heterocycles. The van der Waals surface area contributed by atoms with Gasteiger partial charge in [0, 0.05) is 11.4 Å². The second-order valence-corrected chi connectivity index (χ2v) is 6.63. The summed E-state index contributed by atoms with van der Waals surface area (Å²) in [4.78, 5) is 20.9. The van der Waals surface area contributed by atoms with E-state index in [1.54, 1.807) is 11.3 Å². The smallest absolute Gasteiger partial charge is 0.265 e. The minimum Gasteiger partial charge on any atom is -0.382 e. The molecule has 0 saturated heterocycles. The first kappa shape index (κ1) is 14.7. The van der Waals surface area contributed by atoms with Crippen molar-refractivity contribution < 1.29 is 4.79 Å². The van der Waals surface area contributed by atoms with Gasteiger partial charge in [-0.05, 0) is 20.8 Å². The minimum absolute atomic E-state index is 0.220. The summed E-state index contributed by atoms with van der Waals surface area (Å²) in [6, 6.07) is 0.245. The van der Waals surface area contributed by atoms with Crippen LogP contribution in [0.3, 0.4) is 0 Å². The van der Waals surface area contributed by atoms with E-state index >= 15 is 0 Å². The topological polar surface area (TPSA) is 92.9 Å². The van der Waals surface area contributed by atoms with E-state index in [-0.39, 0.29) is 17.8 Å². The molecule has 2 heterocycles. The standard InChI is InChI=1S/C12H17N5OS2/c1-6(2)15-12-17-10(13)9(20-12)11(18)14-4-8-5-19-7(3)16-8/h5-6H,4,13H2,1-3H3,(H,14,18)(H,15,17). The van der Waals surface area contributed by atoms with Crippen LogP contribution in [-0.4, -0.2) is 21.9 Å². The fraction of sp³-hybridized carbons (Fsp3) is 0.417. The van der Waals surface area contributed by atoms with Crippen molar-refractivity contribution >= 4 is 39.5 Å². The third kappa shape index (κ3) is 3.67. The van der Waals surface area contributed by atoms with Crippen LogP contribution in [0.2, 0.25) is 0 Å². The third-order valence-electron chi connectivity index (χ3n) is 2.37. The van der Waals surface area contributed by atoms with E-state index in [1.165, 1.54) is 11.3 Å². The summed E-state index contributed by atoms with van der Waals surface area (Å²) in [6.07, 6.45) is 0. The molecule has 108 valence electrons. The number of hydrogen-bond donors (Lipinski definition) is 3. The highest BCUT2D eigenvalue weighted by Crippen LogP contribution is 2.25. The van der Waals surface area contributed by atoms with Crippen molar-refractivity contribution in [2.75, 3.05) is 11.1 Å². The number of rotatable bonds is 5. The molecule has 0 spiro atoms. The molecule has 1 amide bonds. The van der Waals surface area contributed by atoms with E-state index in [4.69, 9.17) is 5.73 Å². The number of nitrogens with zero attached hydrogens (tertiary/aromatic N) is 2. The minimum atomic E-state index is -0.220. The van der Waals surface area contributed by atoms with Gasteiger partial charge in [-0.25, -0.2) is 9.97 Å². The molecule has 8 heteroatoms. The van der Waals surface area contributed by atoms with Gasteiger partial charge in [-0.2, -0.15) is 0 Å². The molecule has 0 unspecified atom stereocenters. The molecule has 2 aromatic heterocycles. The van der Waals surface area contributed by atoms with E-state index in [2.05, 4.69) is 20.6 Å². The van der Waals surface area contributed by atoms with Crippen LogP contribution >= 0.6 is 22.7 Å². The number of carbonyl (C=O) groups is 1. The number of hydrogen-bond acceptors (Lipinski definition) is 7. The lowest BCUT2D eigenvalue weighted by Crippen LogP contribution is -2.22. The van der Waals surface area contributed by atoms with Crippen LogP contribution in [0.15, 0.2) is 5.38 Å². The number of nitrogen functional groups attached to an aromatic ring is 1. The largest absolute Gasteiger partial charge is 0.382 e. The van der Waals surface area contributed by atoms with Crippen molar-refractivity contribution in [2.24, 2.45) is 0 Å². The van der Waals surface area contributed by atoms with Crippen molar-refractivity contribution in [3.05, 3.63) is 21.0 Å². The zero-order valence-corrected chi connectivity index (χ0v) is 13.2. The van der Waals surface area contributed by atoms with Crippen LogP contribution in [0.5, 0.6) is 0 Å². The number of amides is 1. The van der Waals surface area contributed by atoms with Crippen LogP contribution < -0.4 is 16.4 Å². The molecular formula is C12H17N5OS2. The van der Waals surface area contributed by atoms with Gasteiger partial charge in [0.2, 0.25) is 0 Å². The molecule has 0 aliphatic rings. The van der Waals surface area contributed by atoms with E-state index in [0.29, 0.717) is 16.6 Å². The second kappa shape index (κ2) is 6.19. The molecule has 0 fully saturated rings. The Labute approximate surface area is 125 Å². The van der Waals surface area contributed by atoms with E-state index in [9.17, 15) is 4.79 Å². The van der Waals surface area contributed by atoms with Crippen molar-refractivity contribution in [1.29, 1.82) is 0 Å². The summed E-state index contributed by atoms with van der Waals surface area (Å²) < 4.78 is 0. The molecule has 2 rings (SSSR count). The first-order valence-corrected chi connectivity index (χ1v) is 7.87. The summed E-state index contributed by atoms with van der Waals surface area (Å²) >= 11 is 2.82. The predicted molar refractivity (Wildman–Crippen MR) is 83.3 cm³/mol. The second-order valence-electron chi connectivity index (χ2n) is 4.57. The van der Waals surface area contributed by atoms with Gasteiger partial charge in [-0.15, -0.1) is 11.3 Å². The highest BCUT2D eigenvalue weighted by Gasteiger charge is 2.16. The number of carbonyl (C=O) groups excluding carboxylic acids is 1. The van der Waals surface area contributed by atoms with Gasteiger partial charge in [0.15, 0.2) is 5.13 Å². The van der Waals surface area contributed by atoms with Gasteiger partial charge >= 0.3 is 0 Å². The SMILES string of the molecule is Cc1nc(CNC(=O)c2sc(NC(C)C)nc2N)cs1. The summed E-state index contributed by atoms with van der Waals surface area (Å²) in [5.41, 5.74) is 6.63. The van der Waals surface area contributed by atoms with Gasteiger partial charge < -0.3 is 16.4 Å². The fourth-order valence-electron chi connectivity index (χ4n) is 1.54. The molecule has 0 saturated carbocycles. The van der Waals surface area contributed by atoms with Crippen molar-refractivity contribution in [3.8, 4) is 0 Å². The Morgan fingerprint density at radius 3 is 2.80 bits per heavy atom. The van der Waals surface area contributed by atoms with Crippen molar-refractivity contribution in [2.45, 2.75) is 33.4 Å². The number of thiazole rings is 2. The third-order valence-corrected chi connectivity index (χ3v) is 4.19. The molecule has 6 nitrogen and oxygen atoms in total. The van der Waals surface area contributed by atoms with E-state index in [0.717, 1.165) is 10.7 Å². The van der Waals surface area contributed by atoms with Crippen molar-refractivity contribution in [3.63, 3.8) is 0 Å². The monoisotopic (exact) mass is 311 g/mol. The Morgan fingerprint density at radius 2 is 2.20 bits per heavy atom. The molecule has 2 aromatic rings. The normalized spacial score (nSPS) is 10.8. The summed E-state index contributed by atoms with van der Waals surface area (Å²) in [5, 5.41) is 9.51. The quantitative estimate of drug-likeness (QED) is 0.787. The lowest BCUT2D eigenvalue weighted by Gasteiger charge is -2.04. The fourth-order valence-corrected chi connectivity index (χ4v) is 3.10. The maximum absolute atomic E-state index is 12.1. The van der Waals surface area contributed by atoms with Gasteiger partial charge in [0.1, 0.15) is 10.7 Å². The van der Waals surface area contributed by atoms with Crippen LogP contribution in [0.1, 0.15) is 34.2 Å². The Kier molecular flexibility index (Phi) is 4.56. The van der Waals surface area contributed by atoms with Crippen LogP contribution in [0, 0.1) is 6.92 Å². The van der Waals surface area contributed by atoms with Gasteiger partial charge in [-0.1, -0.05) is 11.3 Å². The predicted octanol–water partition coefficient (Wildman–Crippen LogP) is 2.24. The molecule has 20 heavy (non-hydrogen) atoms. The number of nitrogens with two attached hydrogens (primary N) is 1. The summed E-state index contributed by atoms with van der Waals surface area (Å²) in [6.45, 7) is 6.33. The van der Waals surface area contributed by atoms with Crippen LogP contribution in [0.25, 0.3) is 0 Å². The molecule has 0 bridgehead atoms. The highest BCUT2D eigenvalue weighted by molar-refractivity contribution is 7.18. The van der Waals surface area contributed by atoms with Crippen LogP contribution in [0.4, 0.5) is 10.9 Å². The molecule has 4 N–H and O–H groups in total. The molecule has 0 aromatic carbocycles. The molecule has 0 aliphatic carbocycles. The number of aryl methyl sites for hydroxylation is 1. The summed E-state index contributed by atoms with van der Waals surface area (Å²) in [5.74, 6) is 0.0348. The lowest BCUT2D eigenvalue weighted by atomic mass is 10.4. The summed E-state index contributed by atoms with van der Waals surface area (Å²) in [7, 11) is 0. The number of nitrogens with one attached hydrogen (secondary N) is 2. The van der Waals surface area contributed by atoms with E-state index in [1.807, 2.05) is 26.2 Å². The maximum Gasteiger partial charge on any atom is 0.265 e. The molecule has 0 atom stereocenters. The lowest BCUT2D eigenvalue weighted by molar-refractivity contribution is 0.0955. The Morgan fingerprint density at radius 1 is 1.45 bits per heavy atom. The van der Waals surface area contributed by atoms with Gasteiger partial charge in [-0.3, -0.25) is 4.79 Å². The molecular weight excluding hydrogens is 294 g/mol. The van der Waals surface area contributed by atoms with Crippen molar-refractivity contribution in [1.82, 2.24) is 15.3 Å². The zero-order chi connectivity index (χ0) is 14.7. The Hall–Kier alpha value is -1.67.